The maximum Gasteiger partial charge on any atom is 0.114 e. The SMILES string of the molecule is BC(C)(/C=C/CC(C)CCC)CC. The van der Waals surface area contributed by atoms with Gasteiger partial charge in [-0.15, -0.1) is 0 Å². The first kappa shape index (κ1) is 12.8. The van der Waals surface area contributed by atoms with Crippen molar-refractivity contribution in [2.75, 3.05) is 0 Å². The Labute approximate surface area is 85.2 Å². The highest BCUT2D eigenvalue weighted by Crippen LogP contribution is 2.26. The number of hydrogen-bond acceptors (Lipinski definition) is 0. The van der Waals surface area contributed by atoms with Gasteiger partial charge in [0.25, 0.3) is 0 Å². The molecule has 0 aromatic heterocycles. The van der Waals surface area contributed by atoms with Crippen LogP contribution >= 0.6 is 0 Å². The van der Waals surface area contributed by atoms with E-state index in [1.165, 1.54) is 25.7 Å². The fraction of sp³-hybridized carbons (Fsp3) is 0.833. The van der Waals surface area contributed by atoms with Crippen molar-refractivity contribution < 1.29 is 0 Å². The second kappa shape index (κ2) is 6.29. The summed E-state index contributed by atoms with van der Waals surface area (Å²) in [6.45, 7) is 9.15. The lowest BCUT2D eigenvalue weighted by Gasteiger charge is -2.17. The topological polar surface area (TPSA) is 0 Å². The molecule has 0 rings (SSSR count). The van der Waals surface area contributed by atoms with Crippen LogP contribution in [0.2, 0.25) is 5.31 Å². The van der Waals surface area contributed by atoms with E-state index in [1.807, 2.05) is 0 Å². The third-order valence-electron chi connectivity index (χ3n) is 2.80. The molecule has 1 heteroatoms. The molecule has 0 bridgehead atoms. The van der Waals surface area contributed by atoms with Crippen molar-refractivity contribution in [1.82, 2.24) is 0 Å². The largest absolute Gasteiger partial charge is 0.114 e. The molecule has 0 aliphatic rings. The van der Waals surface area contributed by atoms with E-state index >= 15 is 0 Å². The maximum absolute atomic E-state index is 2.37. The molecule has 13 heavy (non-hydrogen) atoms. The van der Waals surface area contributed by atoms with Gasteiger partial charge in [-0.1, -0.05) is 59.1 Å². The molecule has 0 amide bonds. The predicted octanol–water partition coefficient (Wildman–Crippen LogP) is 3.59. The van der Waals surface area contributed by atoms with Crippen molar-refractivity contribution in [3.8, 4) is 0 Å². The first-order valence-corrected chi connectivity index (χ1v) is 5.69. The monoisotopic (exact) mass is 180 g/mol. The summed E-state index contributed by atoms with van der Waals surface area (Å²) < 4.78 is 0. The highest BCUT2D eigenvalue weighted by molar-refractivity contribution is 6.16. The fourth-order valence-electron chi connectivity index (χ4n) is 1.35. The normalized spacial score (nSPS) is 18.8. The van der Waals surface area contributed by atoms with Crippen LogP contribution in [0.15, 0.2) is 12.2 Å². The van der Waals surface area contributed by atoms with Gasteiger partial charge < -0.3 is 0 Å². The van der Waals surface area contributed by atoms with Crippen LogP contribution in [0.1, 0.15) is 53.4 Å². The van der Waals surface area contributed by atoms with Crippen LogP contribution in [0.3, 0.4) is 0 Å². The molecule has 0 saturated heterocycles. The molecule has 0 saturated carbocycles. The minimum absolute atomic E-state index is 0.395. The molecule has 0 radical (unpaired) electrons. The molecule has 0 nitrogen and oxygen atoms in total. The summed E-state index contributed by atoms with van der Waals surface area (Å²) in [7, 11) is 2.30. The average Bonchev–Trinajstić information content (AvgIpc) is 2.05. The summed E-state index contributed by atoms with van der Waals surface area (Å²) in [6.07, 6.45) is 9.88. The Morgan fingerprint density at radius 1 is 1.38 bits per heavy atom. The molecule has 0 N–H and O–H groups in total. The van der Waals surface area contributed by atoms with Gasteiger partial charge in [0.1, 0.15) is 7.85 Å². The lowest BCUT2D eigenvalue weighted by atomic mass is 9.68. The molecule has 0 fully saturated rings. The molecule has 2 atom stereocenters. The van der Waals surface area contributed by atoms with Gasteiger partial charge in [0.15, 0.2) is 0 Å². The van der Waals surface area contributed by atoms with Crippen molar-refractivity contribution in [2.24, 2.45) is 5.92 Å². The quantitative estimate of drug-likeness (QED) is 0.432. The molecular formula is C12H25B. The number of hydrogen-bond donors (Lipinski definition) is 0. The van der Waals surface area contributed by atoms with Gasteiger partial charge in [-0.05, 0) is 17.7 Å². The van der Waals surface area contributed by atoms with E-state index < -0.39 is 0 Å². The molecule has 0 spiro atoms. The molecular weight excluding hydrogens is 155 g/mol. The average molecular weight is 180 g/mol. The molecule has 0 aliphatic carbocycles. The molecule has 76 valence electrons. The van der Waals surface area contributed by atoms with Crippen LogP contribution in [-0.2, 0) is 0 Å². The Hall–Kier alpha value is -0.195. The lowest BCUT2D eigenvalue weighted by molar-refractivity contribution is 0.530. The Kier molecular flexibility index (Phi) is 6.19. The number of rotatable bonds is 6. The predicted molar refractivity (Wildman–Crippen MR) is 65.0 cm³/mol. The van der Waals surface area contributed by atoms with Crippen molar-refractivity contribution in [2.45, 2.75) is 58.7 Å². The Morgan fingerprint density at radius 3 is 2.46 bits per heavy atom. The van der Waals surface area contributed by atoms with Gasteiger partial charge >= 0.3 is 0 Å². The van der Waals surface area contributed by atoms with Crippen LogP contribution in [-0.4, -0.2) is 7.85 Å². The minimum Gasteiger partial charge on any atom is -0.0906 e. The first-order valence-electron chi connectivity index (χ1n) is 5.69. The van der Waals surface area contributed by atoms with E-state index in [4.69, 9.17) is 0 Å². The summed E-state index contributed by atoms with van der Waals surface area (Å²) in [5.41, 5.74) is 0. The van der Waals surface area contributed by atoms with E-state index in [0.29, 0.717) is 5.31 Å². The molecule has 2 unspecified atom stereocenters. The maximum atomic E-state index is 2.37. The summed E-state index contributed by atoms with van der Waals surface area (Å²) >= 11 is 0. The smallest absolute Gasteiger partial charge is 0.0906 e. The van der Waals surface area contributed by atoms with Gasteiger partial charge in [0.2, 0.25) is 0 Å². The Morgan fingerprint density at radius 2 is 2.00 bits per heavy atom. The van der Waals surface area contributed by atoms with Gasteiger partial charge in [0, 0.05) is 0 Å². The third kappa shape index (κ3) is 6.92. The van der Waals surface area contributed by atoms with Gasteiger partial charge in [-0.25, -0.2) is 0 Å². The van der Waals surface area contributed by atoms with Crippen molar-refractivity contribution in [3.05, 3.63) is 12.2 Å². The van der Waals surface area contributed by atoms with Crippen molar-refractivity contribution in [1.29, 1.82) is 0 Å². The zero-order valence-electron chi connectivity index (χ0n) is 10.1. The molecule has 0 heterocycles. The third-order valence-corrected chi connectivity index (χ3v) is 2.80. The standard InChI is InChI=1S/C12H25B/c1-5-8-11(3)9-7-10-12(4,13)6-2/h7,10-11H,5-6,8-9,13H2,1-4H3/b10-7+. The fourth-order valence-corrected chi connectivity index (χ4v) is 1.35. The zero-order chi connectivity index (χ0) is 10.3. The van der Waals surface area contributed by atoms with Gasteiger partial charge in [-0.3, -0.25) is 0 Å². The Balaban J connectivity index is 3.73. The van der Waals surface area contributed by atoms with Crippen LogP contribution in [0.25, 0.3) is 0 Å². The minimum atomic E-state index is 0.395. The highest BCUT2D eigenvalue weighted by Gasteiger charge is 2.09. The molecule has 0 aromatic carbocycles. The van der Waals surface area contributed by atoms with Crippen LogP contribution in [0, 0.1) is 5.92 Å². The van der Waals surface area contributed by atoms with E-state index in [9.17, 15) is 0 Å². The second-order valence-corrected chi connectivity index (χ2v) is 4.87. The van der Waals surface area contributed by atoms with Gasteiger partial charge in [-0.2, -0.15) is 0 Å². The van der Waals surface area contributed by atoms with Crippen LogP contribution in [0.4, 0.5) is 0 Å². The van der Waals surface area contributed by atoms with Gasteiger partial charge in [0.05, 0.1) is 0 Å². The summed E-state index contributed by atoms with van der Waals surface area (Å²) in [5, 5.41) is 0.395. The number of allylic oxidation sites excluding steroid dienone is 2. The Bertz CT molecular complexity index is 147. The van der Waals surface area contributed by atoms with Crippen LogP contribution in [0.5, 0.6) is 0 Å². The van der Waals surface area contributed by atoms with E-state index in [0.717, 1.165) is 5.92 Å². The van der Waals surface area contributed by atoms with Crippen molar-refractivity contribution >= 4 is 7.85 Å². The summed E-state index contributed by atoms with van der Waals surface area (Å²) in [5.74, 6) is 0.855. The van der Waals surface area contributed by atoms with E-state index in [2.05, 4.69) is 47.7 Å². The molecule has 0 aliphatic heterocycles. The van der Waals surface area contributed by atoms with E-state index in [-0.39, 0.29) is 0 Å². The van der Waals surface area contributed by atoms with Crippen molar-refractivity contribution in [3.63, 3.8) is 0 Å². The first-order chi connectivity index (χ1) is 6.02. The van der Waals surface area contributed by atoms with E-state index in [1.54, 1.807) is 0 Å². The molecule has 0 aromatic rings. The lowest BCUT2D eigenvalue weighted by Crippen LogP contribution is -2.01. The second-order valence-electron chi connectivity index (χ2n) is 4.87. The van der Waals surface area contributed by atoms with Crippen LogP contribution < -0.4 is 0 Å². The summed E-state index contributed by atoms with van der Waals surface area (Å²) in [6, 6.07) is 0. The zero-order valence-corrected chi connectivity index (χ0v) is 10.1. The summed E-state index contributed by atoms with van der Waals surface area (Å²) in [4.78, 5) is 0. The highest BCUT2D eigenvalue weighted by atomic mass is 14.1.